The van der Waals surface area contributed by atoms with Crippen LogP contribution in [0.15, 0.2) is 54.7 Å². The van der Waals surface area contributed by atoms with Gasteiger partial charge >= 0.3 is 0 Å². The Morgan fingerprint density at radius 1 is 1.14 bits per heavy atom. The molecule has 0 radical (unpaired) electrons. The number of hydrogen-bond donors (Lipinski definition) is 2. The van der Waals surface area contributed by atoms with Crippen molar-refractivity contribution in [3.8, 4) is 5.75 Å². The van der Waals surface area contributed by atoms with E-state index in [1.54, 1.807) is 7.11 Å². The molecule has 28 heavy (non-hydrogen) atoms. The lowest BCUT2D eigenvalue weighted by Gasteiger charge is -2.28. The molecule has 5 nitrogen and oxygen atoms in total. The van der Waals surface area contributed by atoms with E-state index in [1.165, 1.54) is 18.4 Å². The first-order valence-electron chi connectivity index (χ1n) is 9.94. The Kier molecular flexibility index (Phi) is 5.63. The van der Waals surface area contributed by atoms with Gasteiger partial charge in [-0.15, -0.1) is 0 Å². The van der Waals surface area contributed by atoms with Crippen molar-refractivity contribution in [2.75, 3.05) is 26.7 Å². The highest BCUT2D eigenvalue weighted by Gasteiger charge is 2.24. The summed E-state index contributed by atoms with van der Waals surface area (Å²) in [6.07, 6.45) is 4.76. The zero-order chi connectivity index (χ0) is 19.3. The number of para-hydroxylation sites is 1. The monoisotopic (exact) mass is 377 g/mol. The number of benzene rings is 2. The summed E-state index contributed by atoms with van der Waals surface area (Å²) in [5.41, 5.74) is 3.32. The summed E-state index contributed by atoms with van der Waals surface area (Å²) in [6.45, 7) is 2.78. The third-order valence-electron chi connectivity index (χ3n) is 5.60. The summed E-state index contributed by atoms with van der Waals surface area (Å²) in [5, 5.41) is 4.28. The van der Waals surface area contributed by atoms with Crippen LogP contribution >= 0.6 is 0 Å². The summed E-state index contributed by atoms with van der Waals surface area (Å²) in [6, 6.07) is 16.5. The van der Waals surface area contributed by atoms with Crippen molar-refractivity contribution in [2.45, 2.75) is 25.3 Å². The first-order chi connectivity index (χ1) is 13.7. The number of nitrogens with one attached hydrogen (secondary N) is 2. The molecule has 1 fully saturated rings. The van der Waals surface area contributed by atoms with Crippen molar-refractivity contribution >= 4 is 16.8 Å². The number of amides is 1. The largest absolute Gasteiger partial charge is 0.497 e. The first kappa shape index (κ1) is 18.6. The molecule has 1 atom stereocenters. The molecular formula is C23H27N3O2. The lowest BCUT2D eigenvalue weighted by molar-refractivity contribution is -0.120. The second kappa shape index (κ2) is 8.48. The molecule has 5 heteroatoms. The average molecular weight is 377 g/mol. The number of carbonyl (C=O) groups excluding carboxylic acids is 1. The van der Waals surface area contributed by atoms with E-state index in [2.05, 4.69) is 33.4 Å². The SMILES string of the molecule is COc1ccc([C@H](CNC(=O)Cc2c[nH]c3ccccc23)N2CCCC2)cc1. The van der Waals surface area contributed by atoms with Gasteiger partial charge < -0.3 is 15.0 Å². The lowest BCUT2D eigenvalue weighted by Crippen LogP contribution is -2.37. The van der Waals surface area contributed by atoms with E-state index in [0.29, 0.717) is 13.0 Å². The van der Waals surface area contributed by atoms with E-state index in [9.17, 15) is 4.79 Å². The van der Waals surface area contributed by atoms with Crippen LogP contribution < -0.4 is 10.1 Å². The molecule has 0 saturated carbocycles. The normalized spacial score (nSPS) is 15.6. The van der Waals surface area contributed by atoms with Crippen molar-refractivity contribution in [1.82, 2.24) is 15.2 Å². The molecule has 3 aromatic rings. The fraction of sp³-hybridized carbons (Fsp3) is 0.348. The van der Waals surface area contributed by atoms with Crippen LogP contribution in [0.1, 0.15) is 30.0 Å². The minimum absolute atomic E-state index is 0.0578. The number of H-pyrrole nitrogens is 1. The van der Waals surface area contributed by atoms with Gasteiger partial charge in [0, 0.05) is 23.6 Å². The van der Waals surface area contributed by atoms with Gasteiger partial charge in [-0.05, 0) is 55.3 Å². The highest BCUT2D eigenvalue weighted by atomic mass is 16.5. The maximum Gasteiger partial charge on any atom is 0.224 e. The van der Waals surface area contributed by atoms with Crippen molar-refractivity contribution in [3.63, 3.8) is 0 Å². The van der Waals surface area contributed by atoms with E-state index < -0.39 is 0 Å². The fourth-order valence-electron chi connectivity index (χ4n) is 4.06. The van der Waals surface area contributed by atoms with E-state index >= 15 is 0 Å². The minimum atomic E-state index is 0.0578. The van der Waals surface area contributed by atoms with Crippen LogP contribution in [0.25, 0.3) is 10.9 Å². The third-order valence-corrected chi connectivity index (χ3v) is 5.60. The number of aromatic nitrogens is 1. The van der Waals surface area contributed by atoms with E-state index in [4.69, 9.17) is 4.74 Å². The number of fused-ring (bicyclic) bond motifs is 1. The molecule has 1 amide bonds. The molecule has 0 unspecified atom stereocenters. The highest BCUT2D eigenvalue weighted by Crippen LogP contribution is 2.26. The molecule has 0 bridgehead atoms. The van der Waals surface area contributed by atoms with Crippen LogP contribution in [0.5, 0.6) is 5.75 Å². The van der Waals surface area contributed by atoms with Crippen molar-refractivity contribution in [1.29, 1.82) is 0 Å². The Labute approximate surface area is 165 Å². The van der Waals surface area contributed by atoms with E-state index in [0.717, 1.165) is 35.3 Å². The van der Waals surface area contributed by atoms with Gasteiger partial charge in [0.05, 0.1) is 19.6 Å². The summed E-state index contributed by atoms with van der Waals surface area (Å²) < 4.78 is 5.28. The standard InChI is InChI=1S/C23H27N3O2/c1-28-19-10-8-17(9-11-19)22(26-12-4-5-13-26)16-25-23(27)14-18-15-24-21-7-3-2-6-20(18)21/h2-3,6-11,15,22,24H,4-5,12-14,16H2,1H3,(H,25,27)/t22-/m0/s1. The van der Waals surface area contributed by atoms with Gasteiger partial charge in [0.25, 0.3) is 0 Å². The van der Waals surface area contributed by atoms with Crippen LogP contribution in [-0.4, -0.2) is 42.5 Å². The van der Waals surface area contributed by atoms with Crippen LogP contribution in [0.2, 0.25) is 0 Å². The van der Waals surface area contributed by atoms with Crippen molar-refractivity contribution < 1.29 is 9.53 Å². The van der Waals surface area contributed by atoms with Crippen LogP contribution in [0.4, 0.5) is 0 Å². The first-order valence-corrected chi connectivity index (χ1v) is 9.94. The van der Waals surface area contributed by atoms with Crippen molar-refractivity contribution in [2.24, 2.45) is 0 Å². The molecule has 2 N–H and O–H groups in total. The zero-order valence-electron chi connectivity index (χ0n) is 16.3. The molecule has 1 saturated heterocycles. The molecule has 0 aliphatic carbocycles. The second-order valence-electron chi connectivity index (χ2n) is 7.37. The summed E-state index contributed by atoms with van der Waals surface area (Å²) in [5.74, 6) is 0.912. The number of methoxy groups -OCH3 is 1. The fourth-order valence-corrected chi connectivity index (χ4v) is 4.06. The van der Waals surface area contributed by atoms with Gasteiger partial charge in [-0.2, -0.15) is 0 Å². The summed E-state index contributed by atoms with van der Waals surface area (Å²) in [7, 11) is 1.68. The second-order valence-corrected chi connectivity index (χ2v) is 7.37. The molecule has 1 aliphatic heterocycles. The van der Waals surface area contributed by atoms with Crippen LogP contribution in [0, 0.1) is 0 Å². The third kappa shape index (κ3) is 4.04. The Balaban J connectivity index is 1.43. The Hall–Kier alpha value is -2.79. The molecule has 146 valence electrons. The predicted octanol–water partition coefficient (Wildman–Crippen LogP) is 3.67. The number of likely N-dealkylation sites (tertiary alicyclic amines) is 1. The van der Waals surface area contributed by atoms with Crippen LogP contribution in [-0.2, 0) is 11.2 Å². The van der Waals surface area contributed by atoms with Gasteiger partial charge in [-0.25, -0.2) is 0 Å². The van der Waals surface area contributed by atoms with Gasteiger partial charge in [0.1, 0.15) is 5.75 Å². The number of carbonyl (C=O) groups is 1. The van der Waals surface area contributed by atoms with Gasteiger partial charge in [-0.1, -0.05) is 30.3 Å². The van der Waals surface area contributed by atoms with Gasteiger partial charge in [0.15, 0.2) is 0 Å². The topological polar surface area (TPSA) is 57.4 Å². The quantitative estimate of drug-likeness (QED) is 0.660. The molecule has 1 aliphatic rings. The predicted molar refractivity (Wildman–Crippen MR) is 112 cm³/mol. The van der Waals surface area contributed by atoms with Crippen molar-refractivity contribution in [3.05, 3.63) is 65.9 Å². The average Bonchev–Trinajstić information content (AvgIpc) is 3.40. The maximum absolute atomic E-state index is 12.6. The Morgan fingerprint density at radius 2 is 1.89 bits per heavy atom. The summed E-state index contributed by atoms with van der Waals surface area (Å²) in [4.78, 5) is 18.3. The number of ether oxygens (including phenoxy) is 1. The van der Waals surface area contributed by atoms with E-state index in [-0.39, 0.29) is 11.9 Å². The highest BCUT2D eigenvalue weighted by molar-refractivity contribution is 5.88. The number of aromatic amines is 1. The molecule has 2 heterocycles. The Morgan fingerprint density at radius 3 is 2.64 bits per heavy atom. The molecule has 4 rings (SSSR count). The van der Waals surface area contributed by atoms with Gasteiger partial charge in [-0.3, -0.25) is 9.69 Å². The molecule has 0 spiro atoms. The maximum atomic E-state index is 12.6. The number of nitrogens with zero attached hydrogens (tertiary/aromatic N) is 1. The van der Waals surface area contributed by atoms with Crippen LogP contribution in [0.3, 0.4) is 0 Å². The summed E-state index contributed by atoms with van der Waals surface area (Å²) >= 11 is 0. The molecular weight excluding hydrogens is 350 g/mol. The Bertz CT molecular complexity index is 926. The number of hydrogen-bond acceptors (Lipinski definition) is 3. The van der Waals surface area contributed by atoms with E-state index in [1.807, 2.05) is 36.5 Å². The number of rotatable bonds is 7. The minimum Gasteiger partial charge on any atom is -0.497 e. The smallest absolute Gasteiger partial charge is 0.224 e. The lowest BCUT2D eigenvalue weighted by atomic mass is 10.0. The van der Waals surface area contributed by atoms with Gasteiger partial charge in [0.2, 0.25) is 5.91 Å². The molecule has 1 aromatic heterocycles. The molecule has 2 aromatic carbocycles. The zero-order valence-corrected chi connectivity index (χ0v) is 16.3.